The predicted octanol–water partition coefficient (Wildman–Crippen LogP) is 0.930. The molecule has 0 bridgehead atoms. The molecule has 102 valence electrons. The summed E-state index contributed by atoms with van der Waals surface area (Å²) >= 11 is 0. The Morgan fingerprint density at radius 3 is 2.20 bits per heavy atom. The lowest BCUT2D eigenvalue weighted by Crippen LogP contribution is -2.50. The number of anilines is 1. The molecule has 0 aliphatic carbocycles. The van der Waals surface area contributed by atoms with Crippen LogP contribution in [0.25, 0.3) is 0 Å². The second kappa shape index (κ2) is 5.85. The number of carbonyl (C=O) groups is 2. The smallest absolute Gasteiger partial charge is 0.289 e. The van der Waals surface area contributed by atoms with Gasteiger partial charge in [-0.05, 0) is 24.3 Å². The van der Waals surface area contributed by atoms with Crippen molar-refractivity contribution in [2.45, 2.75) is 0 Å². The zero-order valence-corrected chi connectivity index (χ0v) is 10.6. The van der Waals surface area contributed by atoms with E-state index >= 15 is 0 Å². The van der Waals surface area contributed by atoms with E-state index in [1.165, 1.54) is 6.07 Å². The number of amides is 2. The second-order valence-corrected chi connectivity index (χ2v) is 4.07. The van der Waals surface area contributed by atoms with Gasteiger partial charge in [-0.25, -0.2) is 11.3 Å². The zero-order valence-electron chi connectivity index (χ0n) is 10.6. The van der Waals surface area contributed by atoms with Crippen molar-refractivity contribution in [2.24, 2.45) is 5.84 Å². The van der Waals surface area contributed by atoms with Crippen molar-refractivity contribution in [3.05, 3.63) is 65.7 Å². The fraction of sp³-hybridized carbons (Fsp3) is 0. The molecule has 20 heavy (non-hydrogen) atoms. The van der Waals surface area contributed by atoms with Crippen LogP contribution in [-0.2, 0) is 0 Å². The molecule has 2 aromatic carbocycles. The highest BCUT2D eigenvalue weighted by Gasteiger charge is 2.17. The fourth-order valence-electron chi connectivity index (χ4n) is 1.64. The van der Waals surface area contributed by atoms with Crippen LogP contribution < -0.4 is 17.0 Å². The number of nitrogens with two attached hydrogens (primary N) is 2. The number of benzene rings is 2. The van der Waals surface area contributed by atoms with Gasteiger partial charge in [0.15, 0.2) is 0 Å². The molecule has 0 spiro atoms. The van der Waals surface area contributed by atoms with Gasteiger partial charge < -0.3 is 5.73 Å². The Morgan fingerprint density at radius 2 is 1.55 bits per heavy atom. The van der Waals surface area contributed by atoms with Gasteiger partial charge in [0, 0.05) is 11.3 Å². The molecule has 0 radical (unpaired) electrons. The van der Waals surface area contributed by atoms with Gasteiger partial charge in [-0.2, -0.15) is 5.12 Å². The monoisotopic (exact) mass is 270 g/mol. The van der Waals surface area contributed by atoms with Crippen LogP contribution in [0, 0.1) is 0 Å². The first-order chi connectivity index (χ1) is 9.59. The average molecular weight is 270 g/mol. The van der Waals surface area contributed by atoms with Crippen LogP contribution in [0.4, 0.5) is 5.69 Å². The van der Waals surface area contributed by atoms with Crippen LogP contribution in [0.5, 0.6) is 0 Å². The lowest BCUT2D eigenvalue weighted by Gasteiger charge is -2.18. The van der Waals surface area contributed by atoms with Gasteiger partial charge in [0.25, 0.3) is 11.8 Å². The molecule has 0 aliphatic rings. The minimum absolute atomic E-state index is 0.225. The van der Waals surface area contributed by atoms with Crippen molar-refractivity contribution in [1.82, 2.24) is 10.5 Å². The van der Waals surface area contributed by atoms with Gasteiger partial charge in [0.1, 0.15) is 0 Å². The maximum atomic E-state index is 12.0. The van der Waals surface area contributed by atoms with Crippen LogP contribution in [-0.4, -0.2) is 16.9 Å². The summed E-state index contributed by atoms with van der Waals surface area (Å²) in [7, 11) is 0. The maximum absolute atomic E-state index is 12.0. The number of carbonyl (C=O) groups excluding carboxylic acids is 2. The molecular weight excluding hydrogens is 256 g/mol. The number of nitrogens with zero attached hydrogens (tertiary/aromatic N) is 1. The summed E-state index contributed by atoms with van der Waals surface area (Å²) in [5.41, 5.74) is 8.89. The molecule has 0 saturated carbocycles. The SMILES string of the molecule is Nc1ccccc1C(=O)N(N)NC(=O)c1ccccc1. The van der Waals surface area contributed by atoms with E-state index < -0.39 is 11.8 Å². The maximum Gasteiger partial charge on any atom is 0.289 e. The summed E-state index contributed by atoms with van der Waals surface area (Å²) < 4.78 is 0. The molecule has 6 nitrogen and oxygen atoms in total. The number of nitrogens with one attached hydrogen (secondary N) is 1. The largest absolute Gasteiger partial charge is 0.398 e. The Morgan fingerprint density at radius 1 is 0.950 bits per heavy atom. The highest BCUT2D eigenvalue weighted by Crippen LogP contribution is 2.11. The fourth-order valence-corrected chi connectivity index (χ4v) is 1.64. The van der Waals surface area contributed by atoms with Crippen molar-refractivity contribution in [3.8, 4) is 0 Å². The highest BCUT2D eigenvalue weighted by molar-refractivity contribution is 6.01. The summed E-state index contributed by atoms with van der Waals surface area (Å²) in [5.74, 6) is 4.49. The van der Waals surface area contributed by atoms with Gasteiger partial charge in [-0.1, -0.05) is 30.3 Å². The molecule has 6 heteroatoms. The molecule has 0 fully saturated rings. The average Bonchev–Trinajstić information content (AvgIpc) is 2.48. The Bertz CT molecular complexity index is 628. The molecule has 0 unspecified atom stereocenters. The highest BCUT2D eigenvalue weighted by atomic mass is 16.2. The van der Waals surface area contributed by atoms with E-state index in [2.05, 4.69) is 5.43 Å². The topological polar surface area (TPSA) is 101 Å². The molecule has 2 aromatic rings. The molecule has 5 N–H and O–H groups in total. The predicted molar refractivity (Wildman–Crippen MR) is 75.1 cm³/mol. The molecule has 0 atom stereocenters. The minimum atomic E-state index is -0.590. The molecule has 2 amide bonds. The first-order valence-electron chi connectivity index (χ1n) is 5.89. The van der Waals surface area contributed by atoms with E-state index in [9.17, 15) is 9.59 Å². The summed E-state index contributed by atoms with van der Waals surface area (Å²) in [6.07, 6.45) is 0. The lowest BCUT2D eigenvalue weighted by atomic mass is 10.2. The molecule has 0 heterocycles. The van der Waals surface area contributed by atoms with Gasteiger partial charge in [-0.3, -0.25) is 9.59 Å². The number of hydrogen-bond acceptors (Lipinski definition) is 4. The number of para-hydroxylation sites is 1. The molecule has 0 saturated heterocycles. The molecule has 0 aromatic heterocycles. The molecule has 0 aliphatic heterocycles. The Kier molecular flexibility index (Phi) is 3.97. The van der Waals surface area contributed by atoms with E-state index in [4.69, 9.17) is 11.6 Å². The summed E-state index contributed by atoms with van der Waals surface area (Å²) in [4.78, 5) is 23.9. The van der Waals surface area contributed by atoms with Crippen molar-refractivity contribution >= 4 is 17.5 Å². The third-order valence-electron chi connectivity index (χ3n) is 2.67. The standard InChI is InChI=1S/C14H14N4O2/c15-12-9-5-4-8-11(12)14(20)18(16)17-13(19)10-6-2-1-3-7-10/h1-9H,15-16H2,(H,17,19). The van der Waals surface area contributed by atoms with Crippen LogP contribution >= 0.6 is 0 Å². The number of hydrazine groups is 2. The van der Waals surface area contributed by atoms with E-state index in [0.717, 1.165) is 0 Å². The van der Waals surface area contributed by atoms with Crippen LogP contribution in [0.3, 0.4) is 0 Å². The normalized spacial score (nSPS) is 9.85. The Hall–Kier alpha value is -2.86. The van der Waals surface area contributed by atoms with Gasteiger partial charge in [-0.15, -0.1) is 0 Å². The first-order valence-corrected chi connectivity index (χ1v) is 5.89. The third kappa shape index (κ3) is 2.93. The van der Waals surface area contributed by atoms with Crippen LogP contribution in [0.1, 0.15) is 20.7 Å². The molecular formula is C14H14N4O2. The van der Waals surface area contributed by atoms with E-state index in [1.807, 2.05) is 0 Å². The zero-order chi connectivity index (χ0) is 14.5. The second-order valence-electron chi connectivity index (χ2n) is 4.07. The summed E-state index contributed by atoms with van der Waals surface area (Å²) in [5, 5.41) is 0.626. The van der Waals surface area contributed by atoms with Gasteiger partial charge in [0.05, 0.1) is 5.56 Å². The third-order valence-corrected chi connectivity index (χ3v) is 2.67. The Balaban J connectivity index is 2.09. The number of rotatable bonds is 2. The van der Waals surface area contributed by atoms with Gasteiger partial charge >= 0.3 is 0 Å². The van der Waals surface area contributed by atoms with E-state index in [-0.39, 0.29) is 5.56 Å². The van der Waals surface area contributed by atoms with Crippen molar-refractivity contribution < 1.29 is 9.59 Å². The summed E-state index contributed by atoms with van der Waals surface area (Å²) in [6.45, 7) is 0. The summed E-state index contributed by atoms with van der Waals surface area (Å²) in [6, 6.07) is 14.9. The number of hydrogen-bond donors (Lipinski definition) is 3. The van der Waals surface area contributed by atoms with Crippen molar-refractivity contribution in [1.29, 1.82) is 0 Å². The Labute approximate surface area is 115 Å². The minimum Gasteiger partial charge on any atom is -0.398 e. The van der Waals surface area contributed by atoms with Crippen molar-refractivity contribution in [3.63, 3.8) is 0 Å². The van der Waals surface area contributed by atoms with Crippen LogP contribution in [0.15, 0.2) is 54.6 Å². The van der Waals surface area contributed by atoms with Crippen molar-refractivity contribution in [2.75, 3.05) is 5.73 Å². The number of nitrogen functional groups attached to an aromatic ring is 1. The van der Waals surface area contributed by atoms with E-state index in [0.29, 0.717) is 16.4 Å². The van der Waals surface area contributed by atoms with Gasteiger partial charge in [0.2, 0.25) is 0 Å². The van der Waals surface area contributed by atoms with Crippen LogP contribution in [0.2, 0.25) is 0 Å². The van der Waals surface area contributed by atoms with E-state index in [1.54, 1.807) is 48.5 Å². The molecule has 2 rings (SSSR count). The quantitative estimate of drug-likeness (QED) is 0.327. The lowest BCUT2D eigenvalue weighted by molar-refractivity contribution is 0.0584. The first kappa shape index (κ1) is 13.6.